The van der Waals surface area contributed by atoms with Gasteiger partial charge in [-0.15, -0.1) is 0 Å². The maximum atomic E-state index is 4.35. The van der Waals surface area contributed by atoms with Crippen molar-refractivity contribution in [3.05, 3.63) is 18.0 Å². The molecule has 1 aromatic heterocycles. The standard InChI is InChI=1S/C13H23N3/c1-3-10-16-12(6-9-15-16)11-14-13(4-2)7-5-8-13/h6,9,14H,3-5,7-8,10-11H2,1-2H3. The minimum absolute atomic E-state index is 0.432. The molecule has 1 aliphatic carbocycles. The Morgan fingerprint density at radius 2 is 2.25 bits per heavy atom. The third kappa shape index (κ3) is 2.29. The number of rotatable bonds is 6. The molecular weight excluding hydrogens is 198 g/mol. The van der Waals surface area contributed by atoms with Crippen molar-refractivity contribution in [3.63, 3.8) is 0 Å². The third-order valence-corrected chi connectivity index (χ3v) is 3.87. The van der Waals surface area contributed by atoms with Gasteiger partial charge in [0.05, 0.1) is 5.69 Å². The molecule has 0 radical (unpaired) electrons. The van der Waals surface area contributed by atoms with Crippen molar-refractivity contribution in [1.29, 1.82) is 0 Å². The van der Waals surface area contributed by atoms with E-state index in [4.69, 9.17) is 0 Å². The summed E-state index contributed by atoms with van der Waals surface area (Å²) in [6.07, 6.45) is 8.36. The van der Waals surface area contributed by atoms with Gasteiger partial charge in [0.15, 0.2) is 0 Å². The normalized spacial score (nSPS) is 18.4. The van der Waals surface area contributed by atoms with E-state index in [-0.39, 0.29) is 0 Å². The Morgan fingerprint density at radius 1 is 1.44 bits per heavy atom. The SMILES string of the molecule is CCCn1nccc1CNC1(CC)CCC1. The summed E-state index contributed by atoms with van der Waals surface area (Å²) < 4.78 is 2.12. The van der Waals surface area contributed by atoms with Crippen LogP contribution >= 0.6 is 0 Å². The Kier molecular flexibility index (Phi) is 3.64. The van der Waals surface area contributed by atoms with Gasteiger partial charge in [-0.05, 0) is 38.2 Å². The zero-order valence-corrected chi connectivity index (χ0v) is 10.5. The summed E-state index contributed by atoms with van der Waals surface area (Å²) in [6.45, 7) is 6.48. The molecule has 3 heteroatoms. The number of hydrogen-bond acceptors (Lipinski definition) is 2. The van der Waals surface area contributed by atoms with Gasteiger partial charge in [-0.3, -0.25) is 4.68 Å². The van der Waals surface area contributed by atoms with E-state index in [1.54, 1.807) is 0 Å². The van der Waals surface area contributed by atoms with Gasteiger partial charge in [0, 0.05) is 24.8 Å². The summed E-state index contributed by atoms with van der Waals surface area (Å²) in [5.74, 6) is 0. The highest BCUT2D eigenvalue weighted by Crippen LogP contribution is 2.34. The highest BCUT2D eigenvalue weighted by atomic mass is 15.3. The first-order valence-electron chi connectivity index (χ1n) is 6.55. The lowest BCUT2D eigenvalue weighted by molar-refractivity contribution is 0.174. The fraction of sp³-hybridized carbons (Fsp3) is 0.769. The van der Waals surface area contributed by atoms with Crippen LogP contribution in [0.5, 0.6) is 0 Å². The lowest BCUT2D eigenvalue weighted by Gasteiger charge is -2.42. The van der Waals surface area contributed by atoms with E-state index in [1.807, 2.05) is 6.20 Å². The highest BCUT2D eigenvalue weighted by molar-refractivity contribution is 5.03. The summed E-state index contributed by atoms with van der Waals surface area (Å²) in [5.41, 5.74) is 1.75. The topological polar surface area (TPSA) is 29.9 Å². The van der Waals surface area contributed by atoms with Crippen molar-refractivity contribution in [2.45, 2.75) is 64.6 Å². The molecule has 0 aliphatic heterocycles. The van der Waals surface area contributed by atoms with Crippen LogP contribution in [-0.2, 0) is 13.1 Å². The molecule has 0 aromatic carbocycles. The summed E-state index contributed by atoms with van der Waals surface area (Å²) >= 11 is 0. The van der Waals surface area contributed by atoms with Crippen molar-refractivity contribution in [2.75, 3.05) is 0 Å². The molecular formula is C13H23N3. The number of aryl methyl sites for hydroxylation is 1. The minimum atomic E-state index is 0.432. The molecule has 1 aromatic rings. The fourth-order valence-electron chi connectivity index (χ4n) is 2.46. The van der Waals surface area contributed by atoms with Crippen molar-refractivity contribution < 1.29 is 0 Å². The molecule has 1 heterocycles. The first-order chi connectivity index (χ1) is 7.79. The van der Waals surface area contributed by atoms with E-state index in [1.165, 1.54) is 31.4 Å². The van der Waals surface area contributed by atoms with Crippen LogP contribution in [0.15, 0.2) is 12.3 Å². The first-order valence-corrected chi connectivity index (χ1v) is 6.55. The van der Waals surface area contributed by atoms with Crippen LogP contribution in [0.4, 0.5) is 0 Å². The largest absolute Gasteiger partial charge is 0.306 e. The molecule has 0 bridgehead atoms. The van der Waals surface area contributed by atoms with Gasteiger partial charge in [0.25, 0.3) is 0 Å². The van der Waals surface area contributed by atoms with Gasteiger partial charge >= 0.3 is 0 Å². The lowest BCUT2D eigenvalue weighted by atomic mass is 9.75. The molecule has 90 valence electrons. The second-order valence-corrected chi connectivity index (χ2v) is 4.89. The second-order valence-electron chi connectivity index (χ2n) is 4.89. The van der Waals surface area contributed by atoms with E-state index in [9.17, 15) is 0 Å². The monoisotopic (exact) mass is 221 g/mol. The van der Waals surface area contributed by atoms with E-state index in [0.29, 0.717) is 5.54 Å². The molecule has 16 heavy (non-hydrogen) atoms. The lowest BCUT2D eigenvalue weighted by Crippen LogP contribution is -2.50. The first kappa shape index (κ1) is 11.6. The van der Waals surface area contributed by atoms with Gasteiger partial charge in [-0.25, -0.2) is 0 Å². The van der Waals surface area contributed by atoms with Crippen LogP contribution in [0.25, 0.3) is 0 Å². The quantitative estimate of drug-likeness (QED) is 0.800. The van der Waals surface area contributed by atoms with Crippen molar-refractivity contribution in [3.8, 4) is 0 Å². The van der Waals surface area contributed by atoms with Crippen LogP contribution in [0, 0.1) is 0 Å². The molecule has 1 saturated carbocycles. The van der Waals surface area contributed by atoms with Gasteiger partial charge in [-0.1, -0.05) is 13.8 Å². The Bertz CT molecular complexity index is 320. The smallest absolute Gasteiger partial charge is 0.0522 e. The third-order valence-electron chi connectivity index (χ3n) is 3.87. The molecule has 0 unspecified atom stereocenters. The van der Waals surface area contributed by atoms with Crippen molar-refractivity contribution >= 4 is 0 Å². The summed E-state index contributed by atoms with van der Waals surface area (Å²) in [5, 5.41) is 8.08. The summed E-state index contributed by atoms with van der Waals surface area (Å²) in [6, 6.07) is 2.13. The Hall–Kier alpha value is -0.830. The average Bonchev–Trinajstić information content (AvgIpc) is 2.66. The molecule has 2 rings (SSSR count). The molecule has 3 nitrogen and oxygen atoms in total. The van der Waals surface area contributed by atoms with Crippen LogP contribution in [0.1, 0.15) is 51.6 Å². The van der Waals surface area contributed by atoms with E-state index in [0.717, 1.165) is 19.5 Å². The molecule has 0 atom stereocenters. The van der Waals surface area contributed by atoms with Gasteiger partial charge in [0.2, 0.25) is 0 Å². The zero-order valence-electron chi connectivity index (χ0n) is 10.5. The van der Waals surface area contributed by atoms with Crippen molar-refractivity contribution in [2.24, 2.45) is 0 Å². The number of nitrogens with one attached hydrogen (secondary N) is 1. The molecule has 0 amide bonds. The molecule has 0 spiro atoms. The average molecular weight is 221 g/mol. The van der Waals surface area contributed by atoms with E-state index >= 15 is 0 Å². The van der Waals surface area contributed by atoms with Crippen LogP contribution in [-0.4, -0.2) is 15.3 Å². The second kappa shape index (κ2) is 5.00. The Balaban J connectivity index is 1.91. The van der Waals surface area contributed by atoms with Gasteiger partial charge < -0.3 is 5.32 Å². The summed E-state index contributed by atoms with van der Waals surface area (Å²) in [7, 11) is 0. The maximum Gasteiger partial charge on any atom is 0.0522 e. The van der Waals surface area contributed by atoms with E-state index in [2.05, 4.69) is 35.0 Å². The van der Waals surface area contributed by atoms with Crippen LogP contribution in [0.2, 0.25) is 0 Å². The Morgan fingerprint density at radius 3 is 2.81 bits per heavy atom. The minimum Gasteiger partial charge on any atom is -0.306 e. The van der Waals surface area contributed by atoms with Crippen LogP contribution in [0.3, 0.4) is 0 Å². The van der Waals surface area contributed by atoms with Gasteiger partial charge in [-0.2, -0.15) is 5.10 Å². The maximum absolute atomic E-state index is 4.35. The molecule has 1 fully saturated rings. The van der Waals surface area contributed by atoms with Crippen molar-refractivity contribution in [1.82, 2.24) is 15.1 Å². The number of aromatic nitrogens is 2. The molecule has 1 N–H and O–H groups in total. The molecule has 1 aliphatic rings. The predicted molar refractivity (Wildman–Crippen MR) is 66.2 cm³/mol. The van der Waals surface area contributed by atoms with Crippen LogP contribution < -0.4 is 5.32 Å². The fourth-order valence-corrected chi connectivity index (χ4v) is 2.46. The van der Waals surface area contributed by atoms with Gasteiger partial charge in [0.1, 0.15) is 0 Å². The number of nitrogens with zero attached hydrogens (tertiary/aromatic N) is 2. The predicted octanol–water partition coefficient (Wildman–Crippen LogP) is 2.72. The molecule has 0 saturated heterocycles. The zero-order chi connectivity index (χ0) is 11.4. The number of hydrogen-bond donors (Lipinski definition) is 1. The Labute approximate surface area is 98.2 Å². The summed E-state index contributed by atoms with van der Waals surface area (Å²) in [4.78, 5) is 0. The van der Waals surface area contributed by atoms with E-state index < -0.39 is 0 Å². The highest BCUT2D eigenvalue weighted by Gasteiger charge is 2.34.